The number of halogens is 1. The van der Waals surface area contributed by atoms with Gasteiger partial charge >= 0.3 is 0 Å². The van der Waals surface area contributed by atoms with E-state index in [4.69, 9.17) is 5.73 Å². The number of hydrogen-bond donors (Lipinski definition) is 2. The van der Waals surface area contributed by atoms with Crippen LogP contribution in [0.4, 0.5) is 0 Å². The van der Waals surface area contributed by atoms with Gasteiger partial charge in [0.15, 0.2) is 0 Å². The van der Waals surface area contributed by atoms with Crippen molar-refractivity contribution in [2.24, 2.45) is 17.6 Å². The molecule has 0 radical (unpaired) electrons. The third kappa shape index (κ3) is 5.07. The number of carbonyl (C=O) groups is 2. The first kappa shape index (κ1) is 27.0. The highest BCUT2D eigenvalue weighted by Crippen LogP contribution is 2.46. The van der Waals surface area contributed by atoms with E-state index in [0.29, 0.717) is 38.0 Å². The molecule has 0 aromatic heterocycles. The molecule has 1 aliphatic carbocycles. The van der Waals surface area contributed by atoms with Gasteiger partial charge < -0.3 is 20.9 Å². The van der Waals surface area contributed by atoms with E-state index < -0.39 is 5.41 Å². The second-order valence-corrected chi connectivity index (χ2v) is 13.1. The average molecular weight is 594 g/mol. The van der Waals surface area contributed by atoms with Crippen LogP contribution in [-0.2, 0) is 21.5 Å². The quantitative estimate of drug-likeness (QED) is 0.545. The third-order valence-corrected chi connectivity index (χ3v) is 10.6. The smallest absolute Gasteiger partial charge is 0.236 e. The Morgan fingerprint density at radius 2 is 1.85 bits per heavy atom. The lowest BCUT2D eigenvalue weighted by Gasteiger charge is -2.49. The number of likely N-dealkylation sites (tertiary alicyclic amines) is 1. The van der Waals surface area contributed by atoms with Crippen molar-refractivity contribution in [3.8, 4) is 0 Å². The van der Waals surface area contributed by atoms with Gasteiger partial charge in [0, 0.05) is 48.7 Å². The van der Waals surface area contributed by atoms with Crippen LogP contribution in [0.5, 0.6) is 0 Å². The number of carbonyl (C=O) groups excluding carboxylic acids is 2. The van der Waals surface area contributed by atoms with Gasteiger partial charge in [-0.3, -0.25) is 9.59 Å². The van der Waals surface area contributed by atoms with Gasteiger partial charge in [0.05, 0.1) is 12.5 Å². The fourth-order valence-corrected chi connectivity index (χ4v) is 8.58. The third-order valence-electron chi connectivity index (χ3n) is 10.1. The van der Waals surface area contributed by atoms with Gasteiger partial charge in [0.25, 0.3) is 0 Å². The van der Waals surface area contributed by atoms with Crippen LogP contribution in [0.1, 0.15) is 67.6 Å². The lowest BCUT2D eigenvalue weighted by Crippen LogP contribution is -2.59. The Hall–Kier alpha value is -2.22. The standard InChI is InChI=1S/C32H41BrN4O2/c33-26-11-12-27-25(15-26)19-36(30(38)17-34)21-32(27)20-35-18-28(32)31(39)37-14-13-24(22-7-3-1-4-8-22)16-29(37)23-9-5-2-6-10-23/h1,3-4,7-8,11-12,15,23-24,28-29,35H,2,5-6,9-10,13-14,16-21,34H2/t24-,28?,29+,32-/m1/s1. The minimum atomic E-state index is -0.441. The molecule has 2 saturated heterocycles. The molecule has 1 spiro atoms. The van der Waals surface area contributed by atoms with Gasteiger partial charge in [0.1, 0.15) is 0 Å². The van der Waals surface area contributed by atoms with Crippen LogP contribution in [0.15, 0.2) is 53.0 Å². The van der Waals surface area contributed by atoms with Crippen LogP contribution in [0.3, 0.4) is 0 Å². The number of nitrogens with one attached hydrogen (secondary N) is 1. The van der Waals surface area contributed by atoms with Crippen molar-refractivity contribution in [2.45, 2.75) is 68.9 Å². The summed E-state index contributed by atoms with van der Waals surface area (Å²) in [4.78, 5) is 31.8. The van der Waals surface area contributed by atoms with Crippen molar-refractivity contribution in [3.05, 3.63) is 69.7 Å². The molecule has 4 aliphatic rings. The molecule has 4 atom stereocenters. The van der Waals surface area contributed by atoms with Crippen molar-refractivity contribution in [1.82, 2.24) is 15.1 Å². The first-order valence-electron chi connectivity index (χ1n) is 14.8. The maximum absolute atomic E-state index is 14.7. The van der Waals surface area contributed by atoms with Crippen molar-refractivity contribution < 1.29 is 9.59 Å². The van der Waals surface area contributed by atoms with Gasteiger partial charge in [-0.1, -0.05) is 71.6 Å². The Morgan fingerprint density at radius 1 is 1.05 bits per heavy atom. The molecule has 208 valence electrons. The van der Waals surface area contributed by atoms with Gasteiger partial charge in [-0.05, 0) is 66.3 Å². The van der Waals surface area contributed by atoms with Crippen LogP contribution in [0.25, 0.3) is 0 Å². The Kier molecular flexibility index (Phi) is 7.84. The molecular weight excluding hydrogens is 552 g/mol. The van der Waals surface area contributed by atoms with Crippen molar-refractivity contribution in [1.29, 1.82) is 0 Å². The lowest BCUT2D eigenvalue weighted by molar-refractivity contribution is -0.144. The number of benzene rings is 2. The number of nitrogens with zero attached hydrogens (tertiary/aromatic N) is 2. The van der Waals surface area contributed by atoms with E-state index in [1.165, 1.54) is 43.2 Å². The maximum Gasteiger partial charge on any atom is 0.236 e. The van der Waals surface area contributed by atoms with E-state index in [2.05, 4.69) is 74.7 Å². The highest BCUT2D eigenvalue weighted by Gasteiger charge is 2.54. The van der Waals surface area contributed by atoms with Crippen LogP contribution >= 0.6 is 15.9 Å². The predicted octanol–water partition coefficient (Wildman–Crippen LogP) is 4.56. The number of piperidine rings is 1. The van der Waals surface area contributed by atoms with Gasteiger partial charge in [0.2, 0.25) is 11.8 Å². The molecule has 7 heteroatoms. The Morgan fingerprint density at radius 3 is 2.62 bits per heavy atom. The summed E-state index contributed by atoms with van der Waals surface area (Å²) < 4.78 is 0.993. The minimum Gasteiger partial charge on any atom is -0.339 e. The zero-order valence-corrected chi connectivity index (χ0v) is 24.4. The molecule has 2 aromatic carbocycles. The molecule has 0 bridgehead atoms. The zero-order valence-electron chi connectivity index (χ0n) is 22.8. The highest BCUT2D eigenvalue weighted by molar-refractivity contribution is 9.10. The number of hydrogen-bond acceptors (Lipinski definition) is 4. The van der Waals surface area contributed by atoms with Crippen LogP contribution in [-0.4, -0.2) is 60.4 Å². The molecular formula is C32H41BrN4O2. The number of nitrogens with two attached hydrogens (primary N) is 1. The normalized spacial score (nSPS) is 29.4. The SMILES string of the molecule is NCC(=O)N1Cc2cc(Br)ccc2[C@@]2(CNCC2C(=O)N2CC[C@@H](c3ccccc3)C[C@H]2C2CCCCC2)C1. The minimum absolute atomic E-state index is 0.0117. The van der Waals surface area contributed by atoms with E-state index in [9.17, 15) is 9.59 Å². The van der Waals surface area contributed by atoms with Gasteiger partial charge in [-0.25, -0.2) is 0 Å². The maximum atomic E-state index is 14.7. The highest BCUT2D eigenvalue weighted by atomic mass is 79.9. The first-order valence-corrected chi connectivity index (χ1v) is 15.6. The van der Waals surface area contributed by atoms with Crippen molar-refractivity contribution in [2.75, 3.05) is 32.7 Å². The van der Waals surface area contributed by atoms with E-state index in [1.807, 2.05) is 4.90 Å². The van der Waals surface area contributed by atoms with Crippen LogP contribution < -0.4 is 11.1 Å². The molecule has 3 fully saturated rings. The van der Waals surface area contributed by atoms with Gasteiger partial charge in [-0.2, -0.15) is 0 Å². The summed E-state index contributed by atoms with van der Waals surface area (Å²) in [5.74, 6) is 1.10. The summed E-state index contributed by atoms with van der Waals surface area (Å²) in [5.41, 5.74) is 9.12. The zero-order chi connectivity index (χ0) is 27.0. The summed E-state index contributed by atoms with van der Waals surface area (Å²) in [7, 11) is 0. The fraction of sp³-hybridized carbons (Fsp3) is 0.562. The number of fused-ring (bicyclic) bond motifs is 2. The lowest BCUT2D eigenvalue weighted by atomic mass is 9.67. The molecule has 3 N–H and O–H groups in total. The Labute approximate surface area is 240 Å². The van der Waals surface area contributed by atoms with E-state index >= 15 is 0 Å². The summed E-state index contributed by atoms with van der Waals surface area (Å²) in [6.07, 6.45) is 8.35. The molecule has 1 unspecified atom stereocenters. The molecule has 6 rings (SSSR count). The summed E-state index contributed by atoms with van der Waals surface area (Å²) >= 11 is 3.63. The van der Waals surface area contributed by atoms with E-state index in [1.54, 1.807) is 0 Å². The van der Waals surface area contributed by atoms with E-state index in [-0.39, 0.29) is 30.3 Å². The first-order chi connectivity index (χ1) is 19.0. The van der Waals surface area contributed by atoms with Crippen LogP contribution in [0, 0.1) is 11.8 Å². The van der Waals surface area contributed by atoms with Crippen molar-refractivity contribution >= 4 is 27.7 Å². The topological polar surface area (TPSA) is 78.7 Å². The molecule has 6 nitrogen and oxygen atoms in total. The Balaban J connectivity index is 1.33. The second-order valence-electron chi connectivity index (χ2n) is 12.2. The summed E-state index contributed by atoms with van der Waals surface area (Å²) in [5, 5.41) is 3.59. The van der Waals surface area contributed by atoms with Gasteiger partial charge in [-0.15, -0.1) is 0 Å². The monoisotopic (exact) mass is 592 g/mol. The fourth-order valence-electron chi connectivity index (χ4n) is 8.17. The predicted molar refractivity (Wildman–Crippen MR) is 157 cm³/mol. The molecule has 3 aliphatic heterocycles. The summed E-state index contributed by atoms with van der Waals surface area (Å²) in [6, 6.07) is 17.5. The van der Waals surface area contributed by atoms with E-state index in [0.717, 1.165) is 29.4 Å². The average Bonchev–Trinajstić information content (AvgIpc) is 3.40. The molecule has 3 heterocycles. The molecule has 39 heavy (non-hydrogen) atoms. The molecule has 1 saturated carbocycles. The molecule has 2 aromatic rings. The number of rotatable bonds is 4. The van der Waals surface area contributed by atoms with Crippen LogP contribution in [0.2, 0.25) is 0 Å². The number of amides is 2. The largest absolute Gasteiger partial charge is 0.339 e. The second kappa shape index (κ2) is 11.3. The van der Waals surface area contributed by atoms with Crippen molar-refractivity contribution in [3.63, 3.8) is 0 Å². The Bertz CT molecular complexity index is 1200. The summed E-state index contributed by atoms with van der Waals surface area (Å²) in [6.45, 7) is 3.22. The molecule has 2 amide bonds.